The molecule has 9 heteroatoms. The molecule has 0 spiro atoms. The Morgan fingerprint density at radius 3 is 2.52 bits per heavy atom. The predicted molar refractivity (Wildman–Crippen MR) is 89.3 cm³/mol. The number of carbonyl (C=O) groups is 1. The molecule has 0 aliphatic rings. The molecule has 2 aromatic carbocycles. The highest BCUT2D eigenvalue weighted by Gasteiger charge is 2.31. The van der Waals surface area contributed by atoms with Gasteiger partial charge >= 0.3 is 6.18 Å². The van der Waals surface area contributed by atoms with Gasteiger partial charge in [0.15, 0.2) is 6.61 Å². The number of nitrogens with one attached hydrogen (secondary N) is 1. The van der Waals surface area contributed by atoms with Crippen molar-refractivity contribution in [3.8, 4) is 11.5 Å². The molecule has 0 bridgehead atoms. The predicted octanol–water partition coefficient (Wildman–Crippen LogP) is 3.89. The average molecular weight is 387 g/mol. The molecule has 2 rings (SSSR count). The van der Waals surface area contributed by atoms with Gasteiger partial charge in [-0.2, -0.15) is 13.2 Å². The normalized spacial score (nSPS) is 11.1. The molecule has 1 amide bonds. The van der Waals surface area contributed by atoms with Gasteiger partial charge in [-0.1, -0.05) is 6.07 Å². The molecular formula is C18H17F4NO4. The molecule has 0 fully saturated rings. The van der Waals surface area contributed by atoms with Gasteiger partial charge in [-0.25, -0.2) is 4.39 Å². The lowest BCUT2D eigenvalue weighted by molar-refractivity contribution is -0.137. The van der Waals surface area contributed by atoms with Crippen molar-refractivity contribution in [1.29, 1.82) is 0 Å². The molecule has 27 heavy (non-hydrogen) atoms. The van der Waals surface area contributed by atoms with Crippen LogP contribution in [0.3, 0.4) is 0 Å². The zero-order valence-corrected chi connectivity index (χ0v) is 14.3. The molecule has 0 unspecified atom stereocenters. The van der Waals surface area contributed by atoms with E-state index < -0.39 is 30.1 Å². The molecular weight excluding hydrogens is 370 g/mol. The molecule has 0 aliphatic heterocycles. The van der Waals surface area contributed by atoms with Crippen molar-refractivity contribution in [3.05, 3.63) is 53.8 Å². The largest absolute Gasteiger partial charge is 0.489 e. The minimum Gasteiger partial charge on any atom is -0.489 e. The summed E-state index contributed by atoms with van der Waals surface area (Å²) < 4.78 is 67.1. The van der Waals surface area contributed by atoms with Crippen molar-refractivity contribution >= 4 is 11.6 Å². The number of rotatable bonds is 8. The van der Waals surface area contributed by atoms with Crippen LogP contribution >= 0.6 is 0 Å². The Labute approximate surface area is 152 Å². The van der Waals surface area contributed by atoms with Crippen molar-refractivity contribution in [3.63, 3.8) is 0 Å². The molecule has 0 heterocycles. The van der Waals surface area contributed by atoms with E-state index >= 15 is 0 Å². The summed E-state index contributed by atoms with van der Waals surface area (Å²) in [4.78, 5) is 12.0. The van der Waals surface area contributed by atoms with Gasteiger partial charge in [-0.3, -0.25) is 4.79 Å². The monoisotopic (exact) mass is 387 g/mol. The van der Waals surface area contributed by atoms with Crippen molar-refractivity contribution in [1.82, 2.24) is 0 Å². The van der Waals surface area contributed by atoms with Crippen molar-refractivity contribution in [2.24, 2.45) is 0 Å². The topological polar surface area (TPSA) is 56.8 Å². The van der Waals surface area contributed by atoms with Gasteiger partial charge in [0.25, 0.3) is 5.91 Å². The smallest absolute Gasteiger partial charge is 0.416 e. The lowest BCUT2D eigenvalue weighted by Crippen LogP contribution is -2.21. The number of carbonyl (C=O) groups excluding carboxylic acids is 1. The standard InChI is InChI=1S/C18H17F4NO4/c1-25-7-8-26-16-6-5-12(18(20,21)22)9-15(16)23-17(24)11-27-14-4-2-3-13(19)10-14/h2-6,9-10H,7-8,11H2,1H3,(H,23,24). The number of benzene rings is 2. The van der Waals surface area contributed by atoms with Crippen molar-refractivity contribution < 1.29 is 36.6 Å². The van der Waals surface area contributed by atoms with E-state index in [0.717, 1.165) is 24.3 Å². The van der Waals surface area contributed by atoms with Crippen LogP contribution in [-0.2, 0) is 15.7 Å². The van der Waals surface area contributed by atoms with Crippen LogP contribution in [0.2, 0.25) is 0 Å². The van der Waals surface area contributed by atoms with Crippen LogP contribution in [0.25, 0.3) is 0 Å². The maximum atomic E-state index is 13.1. The molecule has 146 valence electrons. The summed E-state index contributed by atoms with van der Waals surface area (Å²) >= 11 is 0. The van der Waals surface area contributed by atoms with Crippen LogP contribution < -0.4 is 14.8 Å². The quantitative estimate of drug-likeness (QED) is 0.552. The first-order chi connectivity index (χ1) is 12.8. The summed E-state index contributed by atoms with van der Waals surface area (Å²) in [6.07, 6.45) is -4.58. The van der Waals surface area contributed by atoms with E-state index in [-0.39, 0.29) is 30.4 Å². The summed E-state index contributed by atoms with van der Waals surface area (Å²) in [5, 5.41) is 2.31. The number of hydrogen-bond donors (Lipinski definition) is 1. The van der Waals surface area contributed by atoms with Gasteiger partial charge in [0.1, 0.15) is 23.9 Å². The zero-order valence-electron chi connectivity index (χ0n) is 14.3. The Morgan fingerprint density at radius 1 is 1.07 bits per heavy atom. The molecule has 0 saturated heterocycles. The molecule has 0 radical (unpaired) electrons. The number of anilines is 1. The van der Waals surface area contributed by atoms with Gasteiger partial charge in [0.2, 0.25) is 0 Å². The Morgan fingerprint density at radius 2 is 1.85 bits per heavy atom. The molecule has 5 nitrogen and oxygen atoms in total. The highest BCUT2D eigenvalue weighted by molar-refractivity contribution is 5.93. The molecule has 0 aromatic heterocycles. The lowest BCUT2D eigenvalue weighted by Gasteiger charge is -2.15. The summed E-state index contributed by atoms with van der Waals surface area (Å²) in [6, 6.07) is 7.86. The summed E-state index contributed by atoms with van der Waals surface area (Å²) in [5.74, 6) is -1.10. The van der Waals surface area contributed by atoms with Crippen LogP contribution in [0, 0.1) is 5.82 Å². The third kappa shape index (κ3) is 6.45. The third-order valence-electron chi connectivity index (χ3n) is 3.29. The van der Waals surface area contributed by atoms with E-state index in [0.29, 0.717) is 0 Å². The first-order valence-electron chi connectivity index (χ1n) is 7.81. The van der Waals surface area contributed by atoms with Gasteiger partial charge in [0, 0.05) is 13.2 Å². The first kappa shape index (κ1) is 20.5. The van der Waals surface area contributed by atoms with E-state index in [1.165, 1.54) is 25.3 Å². The number of ether oxygens (including phenoxy) is 3. The molecule has 1 N–H and O–H groups in total. The minimum atomic E-state index is -4.58. The summed E-state index contributed by atoms with van der Waals surface area (Å²) in [6.45, 7) is -0.209. The Balaban J connectivity index is 2.09. The lowest BCUT2D eigenvalue weighted by atomic mass is 10.1. The highest BCUT2D eigenvalue weighted by Crippen LogP contribution is 2.35. The molecule has 0 aliphatic carbocycles. The fourth-order valence-corrected chi connectivity index (χ4v) is 2.06. The fourth-order valence-electron chi connectivity index (χ4n) is 2.06. The SMILES string of the molecule is COCCOc1ccc(C(F)(F)F)cc1NC(=O)COc1cccc(F)c1. The Kier molecular flexibility index (Phi) is 7.00. The first-order valence-corrected chi connectivity index (χ1v) is 7.81. The van der Waals surface area contributed by atoms with Crippen LogP contribution in [-0.4, -0.2) is 32.8 Å². The van der Waals surface area contributed by atoms with Gasteiger partial charge in [0.05, 0.1) is 17.9 Å². The number of halogens is 4. The van der Waals surface area contributed by atoms with Crippen LogP contribution in [0.1, 0.15) is 5.56 Å². The van der Waals surface area contributed by atoms with Gasteiger partial charge in [-0.05, 0) is 30.3 Å². The fraction of sp³-hybridized carbons (Fsp3) is 0.278. The number of alkyl halides is 3. The zero-order chi connectivity index (χ0) is 19.9. The molecule has 2 aromatic rings. The molecule has 0 atom stereocenters. The molecule has 0 saturated carbocycles. The Hall–Kier alpha value is -2.81. The second kappa shape index (κ2) is 9.22. The van der Waals surface area contributed by atoms with Crippen molar-refractivity contribution in [2.75, 3.05) is 32.2 Å². The Bertz CT molecular complexity index is 780. The van der Waals surface area contributed by atoms with E-state index in [4.69, 9.17) is 14.2 Å². The second-order valence-corrected chi connectivity index (χ2v) is 5.34. The summed E-state index contributed by atoms with van der Waals surface area (Å²) in [7, 11) is 1.45. The van der Waals surface area contributed by atoms with Crippen LogP contribution in [0.5, 0.6) is 11.5 Å². The number of amides is 1. The number of hydrogen-bond acceptors (Lipinski definition) is 4. The van der Waals surface area contributed by atoms with E-state index in [1.807, 2.05) is 0 Å². The maximum absolute atomic E-state index is 13.1. The second-order valence-electron chi connectivity index (χ2n) is 5.34. The van der Waals surface area contributed by atoms with Crippen molar-refractivity contribution in [2.45, 2.75) is 6.18 Å². The third-order valence-corrected chi connectivity index (χ3v) is 3.29. The van der Waals surface area contributed by atoms with Crippen LogP contribution in [0.15, 0.2) is 42.5 Å². The number of methoxy groups -OCH3 is 1. The van der Waals surface area contributed by atoms with E-state index in [2.05, 4.69) is 5.32 Å². The maximum Gasteiger partial charge on any atom is 0.416 e. The van der Waals surface area contributed by atoms with Gasteiger partial charge < -0.3 is 19.5 Å². The van der Waals surface area contributed by atoms with E-state index in [9.17, 15) is 22.4 Å². The minimum absolute atomic E-state index is 0.0548. The van der Waals surface area contributed by atoms with Crippen LogP contribution in [0.4, 0.5) is 23.2 Å². The summed E-state index contributed by atoms with van der Waals surface area (Å²) in [5.41, 5.74) is -1.10. The van der Waals surface area contributed by atoms with E-state index in [1.54, 1.807) is 0 Å². The highest BCUT2D eigenvalue weighted by atomic mass is 19.4. The average Bonchev–Trinajstić information content (AvgIpc) is 2.60. The van der Waals surface area contributed by atoms with Gasteiger partial charge in [-0.15, -0.1) is 0 Å².